The van der Waals surface area contributed by atoms with Gasteiger partial charge in [0, 0.05) is 0 Å². The first-order valence-corrected chi connectivity index (χ1v) is 12.8. The summed E-state index contributed by atoms with van der Waals surface area (Å²) in [5, 5.41) is 0. The van der Waals surface area contributed by atoms with Crippen molar-refractivity contribution in [2.24, 2.45) is 47.3 Å². The summed E-state index contributed by atoms with van der Waals surface area (Å²) in [6.07, 6.45) is 28.7. The van der Waals surface area contributed by atoms with Crippen molar-refractivity contribution < 1.29 is 0 Å². The number of hydrogen-bond donors (Lipinski definition) is 0. The zero-order valence-electron chi connectivity index (χ0n) is 17.3. The molecule has 0 N–H and O–H groups in total. The van der Waals surface area contributed by atoms with Crippen molar-refractivity contribution >= 4 is 0 Å². The maximum Gasteiger partial charge on any atom is -0.0383 e. The highest BCUT2D eigenvalue weighted by Crippen LogP contribution is 2.51. The van der Waals surface area contributed by atoms with E-state index in [0.29, 0.717) is 0 Å². The molecule has 26 heavy (non-hydrogen) atoms. The van der Waals surface area contributed by atoms with Gasteiger partial charge in [0.15, 0.2) is 0 Å². The van der Waals surface area contributed by atoms with Crippen LogP contribution in [-0.4, -0.2) is 0 Å². The van der Waals surface area contributed by atoms with Gasteiger partial charge in [0.25, 0.3) is 0 Å². The molecule has 148 valence electrons. The summed E-state index contributed by atoms with van der Waals surface area (Å²) >= 11 is 0. The summed E-state index contributed by atoms with van der Waals surface area (Å²) in [6.45, 7) is 0. The Bertz CT molecular complexity index is 407. The van der Waals surface area contributed by atoms with Crippen LogP contribution in [0.15, 0.2) is 0 Å². The first-order valence-electron chi connectivity index (χ1n) is 12.8. The van der Waals surface area contributed by atoms with E-state index in [2.05, 4.69) is 0 Å². The molecule has 0 amide bonds. The third-order valence-corrected chi connectivity index (χ3v) is 10.2. The van der Waals surface area contributed by atoms with E-state index in [0.717, 1.165) is 47.3 Å². The van der Waals surface area contributed by atoms with Gasteiger partial charge in [-0.25, -0.2) is 0 Å². The predicted octanol–water partition coefficient (Wildman–Crippen LogP) is 8.01. The minimum absolute atomic E-state index is 1.11. The Hall–Kier alpha value is 0. The quantitative estimate of drug-likeness (QED) is 0.412. The second-order valence-electron chi connectivity index (χ2n) is 11.6. The average Bonchev–Trinajstić information content (AvgIpc) is 2.74. The molecule has 6 aliphatic rings. The van der Waals surface area contributed by atoms with Crippen molar-refractivity contribution in [3.8, 4) is 0 Å². The van der Waals surface area contributed by atoms with Crippen LogP contribution < -0.4 is 0 Å². The standard InChI is InChI=1S/C26H44/c1-2-21-10-14-25-18-26(15-11-22(3-1)16-21)24-13-9-20-6-4-19(5-7-20)8-12-23(25)17-24/h19-26H,1-18H2. The van der Waals surface area contributed by atoms with Gasteiger partial charge in [-0.3, -0.25) is 0 Å². The van der Waals surface area contributed by atoms with E-state index in [4.69, 9.17) is 0 Å². The smallest absolute Gasteiger partial charge is 0.0383 e. The van der Waals surface area contributed by atoms with Crippen LogP contribution in [0.4, 0.5) is 0 Å². The van der Waals surface area contributed by atoms with Crippen LogP contribution in [0.3, 0.4) is 0 Å². The van der Waals surface area contributed by atoms with Gasteiger partial charge in [0.2, 0.25) is 0 Å². The lowest BCUT2D eigenvalue weighted by Gasteiger charge is -2.45. The van der Waals surface area contributed by atoms with Crippen molar-refractivity contribution in [3.05, 3.63) is 0 Å². The lowest BCUT2D eigenvalue weighted by Crippen LogP contribution is -2.34. The molecule has 6 aliphatic carbocycles. The van der Waals surface area contributed by atoms with Gasteiger partial charge in [-0.05, 0) is 92.3 Å². The molecule has 0 aliphatic heterocycles. The van der Waals surface area contributed by atoms with Crippen LogP contribution in [0.1, 0.15) is 116 Å². The summed E-state index contributed by atoms with van der Waals surface area (Å²) in [6, 6.07) is 0. The first-order chi connectivity index (χ1) is 12.8. The number of fused-ring (bicyclic) bond motifs is 8. The van der Waals surface area contributed by atoms with Gasteiger partial charge in [-0.1, -0.05) is 70.6 Å². The Morgan fingerprint density at radius 1 is 0.269 bits per heavy atom. The SMILES string of the molecule is C1CC2CCC3CC(CCC(C1)C2)C1CCC2CCC(CC2)CCC3C1. The summed E-state index contributed by atoms with van der Waals surface area (Å²) in [5.41, 5.74) is 0. The minimum atomic E-state index is 1.11. The maximum atomic E-state index is 1.64. The number of rotatable bonds is 0. The van der Waals surface area contributed by atoms with E-state index in [1.807, 2.05) is 0 Å². The fraction of sp³-hybridized carbons (Fsp3) is 1.00. The van der Waals surface area contributed by atoms with E-state index in [9.17, 15) is 0 Å². The Labute approximate surface area is 163 Å². The molecular formula is C26H44. The highest BCUT2D eigenvalue weighted by molar-refractivity contribution is 4.90. The molecule has 0 aromatic carbocycles. The van der Waals surface area contributed by atoms with Gasteiger partial charge in [-0.15, -0.1) is 0 Å². The molecule has 6 atom stereocenters. The van der Waals surface area contributed by atoms with Crippen molar-refractivity contribution in [1.29, 1.82) is 0 Å². The summed E-state index contributed by atoms with van der Waals surface area (Å²) in [4.78, 5) is 0. The van der Waals surface area contributed by atoms with Crippen molar-refractivity contribution in [1.82, 2.24) is 0 Å². The van der Waals surface area contributed by atoms with Crippen molar-refractivity contribution in [3.63, 3.8) is 0 Å². The molecule has 0 spiro atoms. The van der Waals surface area contributed by atoms with Crippen LogP contribution in [-0.2, 0) is 0 Å². The normalized spacial score (nSPS) is 49.8. The second kappa shape index (κ2) is 8.16. The summed E-state index contributed by atoms with van der Waals surface area (Å²) < 4.78 is 0. The van der Waals surface area contributed by atoms with Gasteiger partial charge in [-0.2, -0.15) is 0 Å². The van der Waals surface area contributed by atoms with E-state index in [1.54, 1.807) is 116 Å². The van der Waals surface area contributed by atoms with Gasteiger partial charge >= 0.3 is 0 Å². The van der Waals surface area contributed by atoms with E-state index in [1.165, 1.54) is 0 Å². The third kappa shape index (κ3) is 4.05. The average molecular weight is 357 g/mol. The maximum absolute atomic E-state index is 1.64. The molecular weight excluding hydrogens is 312 g/mol. The first kappa shape index (κ1) is 18.1. The molecule has 8 bridgehead atoms. The van der Waals surface area contributed by atoms with Crippen molar-refractivity contribution in [2.45, 2.75) is 116 Å². The van der Waals surface area contributed by atoms with Crippen molar-refractivity contribution in [2.75, 3.05) is 0 Å². The summed E-state index contributed by atoms with van der Waals surface area (Å²) in [5.74, 6) is 8.92. The van der Waals surface area contributed by atoms with E-state index in [-0.39, 0.29) is 0 Å². The molecule has 0 saturated heterocycles. The minimum Gasteiger partial charge on any atom is -0.0528 e. The lowest BCUT2D eigenvalue weighted by molar-refractivity contribution is 0.0620. The molecule has 0 aromatic rings. The highest BCUT2D eigenvalue weighted by atomic mass is 14.4. The fourth-order valence-corrected chi connectivity index (χ4v) is 8.50. The van der Waals surface area contributed by atoms with Crippen LogP contribution >= 0.6 is 0 Å². The molecule has 6 unspecified atom stereocenters. The largest absolute Gasteiger partial charge is 0.0528 e. The van der Waals surface area contributed by atoms with Gasteiger partial charge in [0.05, 0.1) is 0 Å². The molecule has 0 aromatic heterocycles. The molecule has 6 saturated carbocycles. The third-order valence-electron chi connectivity index (χ3n) is 10.2. The Kier molecular flexibility index (Phi) is 5.67. The Balaban J connectivity index is 1.34. The predicted molar refractivity (Wildman–Crippen MR) is 111 cm³/mol. The lowest BCUT2D eigenvalue weighted by atomic mass is 9.61. The molecule has 6 rings (SSSR count). The van der Waals surface area contributed by atoms with Crippen LogP contribution in [0, 0.1) is 47.3 Å². The molecule has 0 nitrogen and oxygen atoms in total. The van der Waals surface area contributed by atoms with E-state index < -0.39 is 0 Å². The molecule has 0 radical (unpaired) electrons. The molecule has 6 fully saturated rings. The Morgan fingerprint density at radius 2 is 0.615 bits per heavy atom. The fourth-order valence-electron chi connectivity index (χ4n) is 8.50. The zero-order chi connectivity index (χ0) is 17.3. The zero-order valence-corrected chi connectivity index (χ0v) is 17.3. The monoisotopic (exact) mass is 356 g/mol. The van der Waals surface area contributed by atoms with Gasteiger partial charge < -0.3 is 0 Å². The van der Waals surface area contributed by atoms with Crippen LogP contribution in [0.25, 0.3) is 0 Å². The number of hydrogen-bond acceptors (Lipinski definition) is 0. The topological polar surface area (TPSA) is 0 Å². The highest BCUT2D eigenvalue weighted by Gasteiger charge is 2.39. The molecule has 0 heterocycles. The van der Waals surface area contributed by atoms with Crippen LogP contribution in [0.2, 0.25) is 0 Å². The van der Waals surface area contributed by atoms with Gasteiger partial charge in [0.1, 0.15) is 0 Å². The van der Waals surface area contributed by atoms with E-state index >= 15 is 0 Å². The van der Waals surface area contributed by atoms with Crippen LogP contribution in [0.5, 0.6) is 0 Å². The Morgan fingerprint density at radius 3 is 1.04 bits per heavy atom. The molecule has 0 heteroatoms. The summed E-state index contributed by atoms with van der Waals surface area (Å²) in [7, 11) is 0. The second-order valence-corrected chi connectivity index (χ2v) is 11.6.